The van der Waals surface area contributed by atoms with Gasteiger partial charge in [-0.15, -0.1) is 0 Å². The molecule has 0 aliphatic heterocycles. The average molecular weight is 279 g/mol. The number of carbonyl (C=O) groups is 1. The number of ether oxygens (including phenoxy) is 2. The molecule has 0 aromatic heterocycles. The van der Waals surface area contributed by atoms with Gasteiger partial charge in [0, 0.05) is 0 Å². The smallest absolute Gasteiger partial charge is 0.323 e. The highest BCUT2D eigenvalue weighted by molar-refractivity contribution is 5.75. The summed E-state index contributed by atoms with van der Waals surface area (Å²) in [6.45, 7) is 5.53. The van der Waals surface area contributed by atoms with Gasteiger partial charge in [-0.3, -0.25) is 4.79 Å². The summed E-state index contributed by atoms with van der Waals surface area (Å²) in [7, 11) is 1.65. The van der Waals surface area contributed by atoms with Gasteiger partial charge in [-0.05, 0) is 57.7 Å². The number of methoxy groups -OCH3 is 1. The third kappa shape index (κ3) is 6.06. The first-order valence-corrected chi connectivity index (χ1v) is 6.93. The summed E-state index contributed by atoms with van der Waals surface area (Å²) in [5.74, 6) is 0.520. The molecule has 1 aromatic carbocycles. The minimum absolute atomic E-state index is 0.327. The summed E-state index contributed by atoms with van der Waals surface area (Å²) in [6, 6.07) is 7.37. The molecule has 0 aliphatic carbocycles. The molecule has 0 amide bonds. The number of nitrogens with two attached hydrogens (primary N) is 1. The molecule has 0 fully saturated rings. The van der Waals surface area contributed by atoms with Crippen LogP contribution < -0.4 is 10.5 Å². The number of esters is 1. The van der Waals surface area contributed by atoms with E-state index in [-0.39, 0.29) is 5.97 Å². The minimum Gasteiger partial charge on any atom is -0.497 e. The van der Waals surface area contributed by atoms with Crippen LogP contribution in [0.5, 0.6) is 5.75 Å². The molecule has 1 atom stereocenters. The normalized spacial score (nSPS) is 12.8. The van der Waals surface area contributed by atoms with E-state index in [0.29, 0.717) is 6.42 Å². The predicted octanol–water partition coefficient (Wildman–Crippen LogP) is 2.69. The lowest BCUT2D eigenvalue weighted by Gasteiger charge is -2.22. The molecular weight excluding hydrogens is 254 g/mol. The first-order chi connectivity index (χ1) is 9.31. The Morgan fingerprint density at radius 3 is 2.35 bits per heavy atom. The molecule has 0 saturated heterocycles. The van der Waals surface area contributed by atoms with Gasteiger partial charge in [-0.1, -0.05) is 12.1 Å². The van der Waals surface area contributed by atoms with Crippen LogP contribution in [0.3, 0.4) is 0 Å². The second-order valence-corrected chi connectivity index (χ2v) is 5.88. The standard InChI is InChI=1S/C16H25NO3/c1-16(2,3)20-15(18)14(17)7-5-6-12-8-10-13(19-4)11-9-12/h8-11,14H,5-7,17H2,1-4H3. The molecule has 4 nitrogen and oxygen atoms in total. The van der Waals surface area contributed by atoms with Crippen molar-refractivity contribution >= 4 is 5.97 Å². The van der Waals surface area contributed by atoms with E-state index in [1.54, 1.807) is 7.11 Å². The molecule has 1 rings (SSSR count). The Bertz CT molecular complexity index is 420. The SMILES string of the molecule is COc1ccc(CCCC(N)C(=O)OC(C)(C)C)cc1. The Labute approximate surface area is 121 Å². The van der Waals surface area contributed by atoms with E-state index in [9.17, 15) is 4.79 Å². The van der Waals surface area contributed by atoms with Gasteiger partial charge < -0.3 is 15.2 Å². The van der Waals surface area contributed by atoms with Gasteiger partial charge in [-0.25, -0.2) is 0 Å². The highest BCUT2D eigenvalue weighted by atomic mass is 16.6. The van der Waals surface area contributed by atoms with E-state index in [2.05, 4.69) is 0 Å². The number of hydrogen-bond donors (Lipinski definition) is 1. The molecule has 0 aliphatic rings. The van der Waals surface area contributed by atoms with E-state index in [0.717, 1.165) is 18.6 Å². The van der Waals surface area contributed by atoms with Gasteiger partial charge >= 0.3 is 5.97 Å². The number of benzene rings is 1. The van der Waals surface area contributed by atoms with Gasteiger partial charge in [0.05, 0.1) is 7.11 Å². The van der Waals surface area contributed by atoms with Crippen LogP contribution in [0.25, 0.3) is 0 Å². The lowest BCUT2D eigenvalue weighted by Crippen LogP contribution is -2.37. The number of aryl methyl sites for hydroxylation is 1. The maximum absolute atomic E-state index is 11.7. The lowest BCUT2D eigenvalue weighted by molar-refractivity contribution is -0.156. The largest absolute Gasteiger partial charge is 0.497 e. The van der Waals surface area contributed by atoms with Crippen molar-refractivity contribution in [3.63, 3.8) is 0 Å². The van der Waals surface area contributed by atoms with E-state index in [1.165, 1.54) is 5.56 Å². The van der Waals surface area contributed by atoms with Crippen LogP contribution >= 0.6 is 0 Å². The third-order valence-corrected chi connectivity index (χ3v) is 2.85. The van der Waals surface area contributed by atoms with Crippen molar-refractivity contribution in [3.8, 4) is 5.75 Å². The summed E-state index contributed by atoms with van der Waals surface area (Å²) in [5, 5.41) is 0. The van der Waals surface area contributed by atoms with Crippen LogP contribution in [0.1, 0.15) is 39.2 Å². The Balaban J connectivity index is 2.34. The summed E-state index contributed by atoms with van der Waals surface area (Å²) in [5.41, 5.74) is 6.57. The monoisotopic (exact) mass is 279 g/mol. The summed E-state index contributed by atoms with van der Waals surface area (Å²) in [6.07, 6.45) is 2.37. The van der Waals surface area contributed by atoms with Crippen molar-refractivity contribution in [1.82, 2.24) is 0 Å². The average Bonchev–Trinajstić information content (AvgIpc) is 2.37. The van der Waals surface area contributed by atoms with Gasteiger partial charge in [-0.2, -0.15) is 0 Å². The fourth-order valence-electron chi connectivity index (χ4n) is 1.81. The number of hydrogen-bond acceptors (Lipinski definition) is 4. The van der Waals surface area contributed by atoms with Crippen LogP contribution in [-0.4, -0.2) is 24.7 Å². The highest BCUT2D eigenvalue weighted by Crippen LogP contribution is 2.14. The highest BCUT2D eigenvalue weighted by Gasteiger charge is 2.21. The van der Waals surface area contributed by atoms with Crippen LogP contribution in [0.4, 0.5) is 0 Å². The first kappa shape index (κ1) is 16.5. The fourth-order valence-corrected chi connectivity index (χ4v) is 1.81. The maximum Gasteiger partial charge on any atom is 0.323 e. The molecule has 0 saturated carbocycles. The summed E-state index contributed by atoms with van der Waals surface area (Å²) >= 11 is 0. The molecule has 1 aromatic rings. The Hall–Kier alpha value is -1.55. The minimum atomic E-state index is -0.549. The van der Waals surface area contributed by atoms with Crippen LogP contribution in [-0.2, 0) is 16.0 Å². The molecule has 1 unspecified atom stereocenters. The van der Waals surface area contributed by atoms with Crippen molar-refractivity contribution in [3.05, 3.63) is 29.8 Å². The van der Waals surface area contributed by atoms with Crippen molar-refractivity contribution in [2.24, 2.45) is 5.73 Å². The fraction of sp³-hybridized carbons (Fsp3) is 0.562. The zero-order valence-corrected chi connectivity index (χ0v) is 12.8. The zero-order chi connectivity index (χ0) is 15.2. The van der Waals surface area contributed by atoms with E-state index < -0.39 is 11.6 Å². The van der Waals surface area contributed by atoms with E-state index in [1.807, 2.05) is 45.0 Å². The van der Waals surface area contributed by atoms with E-state index >= 15 is 0 Å². The first-order valence-electron chi connectivity index (χ1n) is 6.93. The topological polar surface area (TPSA) is 61.5 Å². The van der Waals surface area contributed by atoms with Crippen molar-refractivity contribution in [2.45, 2.75) is 51.7 Å². The lowest BCUT2D eigenvalue weighted by atomic mass is 10.0. The van der Waals surface area contributed by atoms with Crippen molar-refractivity contribution in [2.75, 3.05) is 7.11 Å². The molecule has 112 valence electrons. The number of carbonyl (C=O) groups excluding carboxylic acids is 1. The Morgan fingerprint density at radius 2 is 1.85 bits per heavy atom. The quantitative estimate of drug-likeness (QED) is 0.813. The second kappa shape index (κ2) is 7.29. The Kier molecular flexibility index (Phi) is 6.02. The van der Waals surface area contributed by atoms with Crippen molar-refractivity contribution < 1.29 is 14.3 Å². The molecule has 0 radical (unpaired) electrons. The molecule has 0 spiro atoms. The maximum atomic E-state index is 11.7. The zero-order valence-electron chi connectivity index (χ0n) is 12.8. The van der Waals surface area contributed by atoms with Crippen LogP contribution in [0, 0.1) is 0 Å². The number of rotatable bonds is 6. The molecule has 0 heterocycles. The molecule has 0 bridgehead atoms. The van der Waals surface area contributed by atoms with Gasteiger partial charge in [0.25, 0.3) is 0 Å². The molecule has 2 N–H and O–H groups in total. The summed E-state index contributed by atoms with van der Waals surface area (Å²) < 4.78 is 10.4. The molecular formula is C16H25NO3. The third-order valence-electron chi connectivity index (χ3n) is 2.85. The van der Waals surface area contributed by atoms with Gasteiger partial charge in [0.15, 0.2) is 0 Å². The van der Waals surface area contributed by atoms with Crippen LogP contribution in [0.2, 0.25) is 0 Å². The van der Waals surface area contributed by atoms with Crippen LogP contribution in [0.15, 0.2) is 24.3 Å². The molecule has 20 heavy (non-hydrogen) atoms. The molecule has 4 heteroatoms. The predicted molar refractivity (Wildman–Crippen MR) is 79.8 cm³/mol. The second-order valence-electron chi connectivity index (χ2n) is 5.88. The van der Waals surface area contributed by atoms with Gasteiger partial charge in [0.1, 0.15) is 17.4 Å². The Morgan fingerprint density at radius 1 is 1.25 bits per heavy atom. The van der Waals surface area contributed by atoms with Crippen molar-refractivity contribution in [1.29, 1.82) is 0 Å². The summed E-state index contributed by atoms with van der Waals surface area (Å²) in [4.78, 5) is 11.7. The van der Waals surface area contributed by atoms with E-state index in [4.69, 9.17) is 15.2 Å². The van der Waals surface area contributed by atoms with Gasteiger partial charge in [0.2, 0.25) is 0 Å².